The average molecular weight is 289 g/mol. The van der Waals surface area contributed by atoms with Crippen LogP contribution < -0.4 is 10.6 Å². The summed E-state index contributed by atoms with van der Waals surface area (Å²) in [5, 5.41) is 6.85. The molecule has 1 aliphatic heterocycles. The maximum Gasteiger partial charge on any atom is 0.180 e. The van der Waals surface area contributed by atoms with E-state index in [1.165, 1.54) is 0 Å². The second kappa shape index (κ2) is 6.30. The molecule has 3 rings (SSSR count). The van der Waals surface area contributed by atoms with Crippen molar-refractivity contribution >= 4 is 17.3 Å². The molecule has 6 nitrogen and oxygen atoms in total. The van der Waals surface area contributed by atoms with Gasteiger partial charge in [-0.1, -0.05) is 6.92 Å². The summed E-state index contributed by atoms with van der Waals surface area (Å²) in [6.45, 7) is 6.93. The highest BCUT2D eigenvalue weighted by atomic mass is 16.5. The monoisotopic (exact) mass is 289 g/mol. The van der Waals surface area contributed by atoms with Crippen LogP contribution in [-0.4, -0.2) is 40.2 Å². The molecule has 2 aromatic heterocycles. The molecule has 2 unspecified atom stereocenters. The summed E-state index contributed by atoms with van der Waals surface area (Å²) < 4.78 is 7.48. The van der Waals surface area contributed by atoms with E-state index in [0.717, 1.165) is 49.9 Å². The standard InChI is InChI=1S/C15H23N5O/c1-3-5-16-13-9-20-7-6-17-15(20)14(19-13)18-11(2)12-4-8-21-10-12/h6-7,9,11-12,16H,3-5,8,10H2,1-2H3,(H,18,19). The Bertz CT molecular complexity index is 591. The molecular weight excluding hydrogens is 266 g/mol. The van der Waals surface area contributed by atoms with Gasteiger partial charge in [0, 0.05) is 37.5 Å². The van der Waals surface area contributed by atoms with Crippen LogP contribution in [0.5, 0.6) is 0 Å². The van der Waals surface area contributed by atoms with Gasteiger partial charge in [0.15, 0.2) is 11.5 Å². The number of nitrogens with zero attached hydrogens (tertiary/aromatic N) is 3. The molecule has 1 aliphatic rings. The summed E-state index contributed by atoms with van der Waals surface area (Å²) in [5.74, 6) is 2.24. The predicted molar refractivity (Wildman–Crippen MR) is 83.8 cm³/mol. The third-order valence-corrected chi connectivity index (χ3v) is 3.97. The van der Waals surface area contributed by atoms with Gasteiger partial charge in [0.05, 0.1) is 12.8 Å². The van der Waals surface area contributed by atoms with Gasteiger partial charge in [-0.3, -0.25) is 0 Å². The van der Waals surface area contributed by atoms with Gasteiger partial charge < -0.3 is 19.8 Å². The summed E-state index contributed by atoms with van der Waals surface area (Å²) in [7, 11) is 0. The van der Waals surface area contributed by atoms with Gasteiger partial charge in [-0.05, 0) is 19.8 Å². The molecule has 21 heavy (non-hydrogen) atoms. The molecular formula is C15H23N5O. The van der Waals surface area contributed by atoms with Crippen LogP contribution in [0.4, 0.5) is 11.6 Å². The Morgan fingerprint density at radius 2 is 2.43 bits per heavy atom. The van der Waals surface area contributed by atoms with Crippen LogP contribution in [0.25, 0.3) is 5.65 Å². The zero-order valence-electron chi connectivity index (χ0n) is 12.7. The molecule has 2 N–H and O–H groups in total. The summed E-state index contributed by atoms with van der Waals surface area (Å²) in [5.41, 5.74) is 0.864. The number of fused-ring (bicyclic) bond motifs is 1. The zero-order valence-corrected chi connectivity index (χ0v) is 12.7. The molecule has 0 spiro atoms. The summed E-state index contributed by atoms with van der Waals surface area (Å²) >= 11 is 0. The van der Waals surface area contributed by atoms with Gasteiger partial charge in [-0.25, -0.2) is 9.97 Å². The molecule has 1 fully saturated rings. The number of hydrogen-bond donors (Lipinski definition) is 2. The highest BCUT2D eigenvalue weighted by Crippen LogP contribution is 2.22. The third-order valence-electron chi connectivity index (χ3n) is 3.97. The van der Waals surface area contributed by atoms with E-state index in [1.807, 2.05) is 16.8 Å². The van der Waals surface area contributed by atoms with Gasteiger partial charge in [-0.15, -0.1) is 0 Å². The van der Waals surface area contributed by atoms with Crippen LogP contribution >= 0.6 is 0 Å². The topological polar surface area (TPSA) is 63.5 Å². The van der Waals surface area contributed by atoms with Crippen molar-refractivity contribution in [1.82, 2.24) is 14.4 Å². The lowest BCUT2D eigenvalue weighted by molar-refractivity contribution is 0.183. The molecule has 3 heterocycles. The lowest BCUT2D eigenvalue weighted by atomic mass is 10.0. The Hall–Kier alpha value is -1.82. The first kappa shape index (κ1) is 14.1. The van der Waals surface area contributed by atoms with E-state index >= 15 is 0 Å². The second-order valence-electron chi connectivity index (χ2n) is 5.62. The van der Waals surface area contributed by atoms with Gasteiger partial charge in [0.25, 0.3) is 0 Å². The van der Waals surface area contributed by atoms with E-state index in [9.17, 15) is 0 Å². The Kier molecular flexibility index (Phi) is 4.24. The van der Waals surface area contributed by atoms with E-state index in [2.05, 4.69) is 34.4 Å². The van der Waals surface area contributed by atoms with Crippen molar-refractivity contribution in [3.63, 3.8) is 0 Å². The Morgan fingerprint density at radius 3 is 3.19 bits per heavy atom. The summed E-state index contributed by atoms with van der Waals surface area (Å²) in [6, 6.07) is 0.321. The summed E-state index contributed by atoms with van der Waals surface area (Å²) in [4.78, 5) is 9.07. The third kappa shape index (κ3) is 3.10. The normalized spacial score (nSPS) is 19.8. The predicted octanol–water partition coefficient (Wildman–Crippen LogP) is 2.39. The molecule has 0 bridgehead atoms. The van der Waals surface area contributed by atoms with Gasteiger partial charge >= 0.3 is 0 Å². The maximum atomic E-state index is 5.47. The molecule has 0 radical (unpaired) electrons. The highest BCUT2D eigenvalue weighted by molar-refractivity contribution is 5.65. The molecule has 0 saturated carbocycles. The van der Waals surface area contributed by atoms with Crippen LogP contribution in [0, 0.1) is 5.92 Å². The van der Waals surface area contributed by atoms with E-state index in [-0.39, 0.29) is 0 Å². The lowest BCUT2D eigenvalue weighted by Crippen LogP contribution is -2.27. The van der Waals surface area contributed by atoms with Gasteiger partial charge in [-0.2, -0.15) is 0 Å². The van der Waals surface area contributed by atoms with E-state index in [4.69, 9.17) is 4.74 Å². The van der Waals surface area contributed by atoms with Crippen LogP contribution in [0.15, 0.2) is 18.6 Å². The smallest absolute Gasteiger partial charge is 0.180 e. The number of anilines is 2. The minimum Gasteiger partial charge on any atom is -0.381 e. The van der Waals surface area contributed by atoms with Crippen molar-refractivity contribution < 1.29 is 4.74 Å². The fraction of sp³-hybridized carbons (Fsp3) is 0.600. The average Bonchev–Trinajstić information content (AvgIpc) is 3.15. The SMILES string of the molecule is CCCNc1cn2ccnc2c(NC(C)C2CCOC2)n1. The van der Waals surface area contributed by atoms with Crippen LogP contribution in [0.3, 0.4) is 0 Å². The molecule has 0 aromatic carbocycles. The van der Waals surface area contributed by atoms with Crippen molar-refractivity contribution in [3.05, 3.63) is 18.6 Å². The summed E-state index contributed by atoms with van der Waals surface area (Å²) in [6.07, 6.45) is 7.90. The first-order valence-electron chi connectivity index (χ1n) is 7.69. The van der Waals surface area contributed by atoms with E-state index in [0.29, 0.717) is 12.0 Å². The molecule has 2 aromatic rings. The fourth-order valence-electron chi connectivity index (χ4n) is 2.65. The minimum absolute atomic E-state index is 0.321. The van der Waals surface area contributed by atoms with Gasteiger partial charge in [0.2, 0.25) is 0 Å². The number of aromatic nitrogens is 3. The largest absolute Gasteiger partial charge is 0.381 e. The van der Waals surface area contributed by atoms with Crippen molar-refractivity contribution in [2.75, 3.05) is 30.4 Å². The van der Waals surface area contributed by atoms with Gasteiger partial charge in [0.1, 0.15) is 5.82 Å². The molecule has 1 saturated heterocycles. The number of nitrogens with one attached hydrogen (secondary N) is 2. The highest BCUT2D eigenvalue weighted by Gasteiger charge is 2.23. The van der Waals surface area contributed by atoms with Crippen molar-refractivity contribution in [1.29, 1.82) is 0 Å². The quantitative estimate of drug-likeness (QED) is 0.855. The van der Waals surface area contributed by atoms with Crippen molar-refractivity contribution in [2.45, 2.75) is 32.7 Å². The van der Waals surface area contributed by atoms with Crippen LogP contribution in [0.1, 0.15) is 26.7 Å². The molecule has 2 atom stereocenters. The van der Waals surface area contributed by atoms with E-state index < -0.39 is 0 Å². The Labute approximate surface area is 124 Å². The van der Waals surface area contributed by atoms with E-state index in [1.54, 1.807) is 6.20 Å². The van der Waals surface area contributed by atoms with Crippen LogP contribution in [0.2, 0.25) is 0 Å². The molecule has 0 aliphatic carbocycles. The number of rotatable bonds is 6. The van der Waals surface area contributed by atoms with Crippen LogP contribution in [-0.2, 0) is 4.74 Å². The first-order valence-corrected chi connectivity index (χ1v) is 7.69. The molecule has 0 amide bonds. The Morgan fingerprint density at radius 1 is 1.52 bits per heavy atom. The van der Waals surface area contributed by atoms with Crippen molar-refractivity contribution in [2.24, 2.45) is 5.92 Å². The number of hydrogen-bond acceptors (Lipinski definition) is 5. The first-order chi connectivity index (χ1) is 10.3. The molecule has 6 heteroatoms. The maximum absolute atomic E-state index is 5.47. The lowest BCUT2D eigenvalue weighted by Gasteiger charge is -2.20. The number of ether oxygens (including phenoxy) is 1. The Balaban J connectivity index is 1.83. The number of imidazole rings is 1. The fourth-order valence-corrected chi connectivity index (χ4v) is 2.65. The van der Waals surface area contributed by atoms with Crippen molar-refractivity contribution in [3.8, 4) is 0 Å². The minimum atomic E-state index is 0.321. The zero-order chi connectivity index (χ0) is 14.7. The second-order valence-corrected chi connectivity index (χ2v) is 5.62. The molecule has 114 valence electrons.